The molecule has 0 atom stereocenters. The van der Waals surface area contributed by atoms with Crippen LogP contribution >= 0.6 is 0 Å². The lowest BCUT2D eigenvalue weighted by molar-refractivity contribution is 0.200. The van der Waals surface area contributed by atoms with Gasteiger partial charge in [0.15, 0.2) is 0 Å². The van der Waals surface area contributed by atoms with Gasteiger partial charge in [-0.15, -0.1) is 0 Å². The van der Waals surface area contributed by atoms with Gasteiger partial charge in [-0.1, -0.05) is 17.7 Å². The predicted octanol–water partition coefficient (Wildman–Crippen LogP) is 4.47. The summed E-state index contributed by atoms with van der Waals surface area (Å²) in [4.78, 5) is 14.6. The summed E-state index contributed by atoms with van der Waals surface area (Å²) < 4.78 is 7.44. The number of hydrogen-bond donors (Lipinski definition) is 1. The molecule has 0 saturated heterocycles. The van der Waals surface area contributed by atoms with Gasteiger partial charge in [0.05, 0.1) is 19.4 Å². The van der Waals surface area contributed by atoms with Gasteiger partial charge in [0.2, 0.25) is 0 Å². The molecule has 0 fully saturated rings. The highest BCUT2D eigenvalue weighted by molar-refractivity contribution is 5.90. The second-order valence-electron chi connectivity index (χ2n) is 6.29. The smallest absolute Gasteiger partial charge is 0.322 e. The first-order chi connectivity index (χ1) is 12.0. The average Bonchev–Trinajstić information content (AvgIpc) is 3.22. The van der Waals surface area contributed by atoms with Crippen LogP contribution in [0.5, 0.6) is 0 Å². The van der Waals surface area contributed by atoms with Crippen molar-refractivity contribution in [2.75, 3.05) is 5.32 Å². The van der Waals surface area contributed by atoms with Gasteiger partial charge in [-0.3, -0.25) is 0 Å². The highest BCUT2D eigenvalue weighted by Crippen LogP contribution is 2.18. The van der Waals surface area contributed by atoms with Gasteiger partial charge in [0.1, 0.15) is 5.76 Å². The van der Waals surface area contributed by atoms with Crippen molar-refractivity contribution in [1.82, 2.24) is 9.47 Å². The molecule has 2 amide bonds. The molecule has 5 heteroatoms. The minimum absolute atomic E-state index is 0.149. The molecule has 0 radical (unpaired) electrons. The van der Waals surface area contributed by atoms with Crippen LogP contribution in [0.25, 0.3) is 0 Å². The Kier molecular flexibility index (Phi) is 4.93. The molecule has 2 heterocycles. The fraction of sp³-hybridized carbons (Fsp3) is 0.250. The van der Waals surface area contributed by atoms with E-state index in [0.29, 0.717) is 13.1 Å². The molecule has 2 aromatic heterocycles. The minimum atomic E-state index is -0.149. The fourth-order valence-electron chi connectivity index (χ4n) is 2.79. The standard InChI is InChI=1S/C20H23N3O2/c1-15-8-9-19(16(2)12-15)21-20(24)23(14-18-7-5-11-25-18)13-17-6-4-10-22(17)3/h4-12H,13-14H2,1-3H3,(H,21,24). The Morgan fingerprint density at radius 2 is 2.00 bits per heavy atom. The summed E-state index contributed by atoms with van der Waals surface area (Å²) in [5.41, 5.74) is 4.10. The molecule has 0 aliphatic rings. The van der Waals surface area contributed by atoms with Crippen LogP contribution in [0, 0.1) is 13.8 Å². The van der Waals surface area contributed by atoms with E-state index in [2.05, 4.69) is 11.4 Å². The van der Waals surface area contributed by atoms with Crippen LogP contribution in [0.2, 0.25) is 0 Å². The zero-order valence-corrected chi connectivity index (χ0v) is 14.8. The number of aromatic nitrogens is 1. The third kappa shape index (κ3) is 4.12. The molecule has 0 spiro atoms. The summed E-state index contributed by atoms with van der Waals surface area (Å²) in [7, 11) is 1.97. The molecular formula is C20H23N3O2. The highest BCUT2D eigenvalue weighted by atomic mass is 16.3. The van der Waals surface area contributed by atoms with Crippen molar-refractivity contribution in [3.05, 3.63) is 77.5 Å². The van der Waals surface area contributed by atoms with E-state index >= 15 is 0 Å². The molecule has 1 N–H and O–H groups in total. The van der Waals surface area contributed by atoms with Crippen molar-refractivity contribution in [3.63, 3.8) is 0 Å². The van der Waals surface area contributed by atoms with Crippen molar-refractivity contribution in [2.45, 2.75) is 26.9 Å². The van der Waals surface area contributed by atoms with Crippen molar-refractivity contribution >= 4 is 11.7 Å². The van der Waals surface area contributed by atoms with E-state index in [1.165, 1.54) is 5.56 Å². The Morgan fingerprint density at radius 1 is 1.16 bits per heavy atom. The first-order valence-corrected chi connectivity index (χ1v) is 8.28. The van der Waals surface area contributed by atoms with Crippen LogP contribution in [0.3, 0.4) is 0 Å². The number of hydrogen-bond acceptors (Lipinski definition) is 2. The zero-order chi connectivity index (χ0) is 17.8. The predicted molar refractivity (Wildman–Crippen MR) is 98.3 cm³/mol. The van der Waals surface area contributed by atoms with Gasteiger partial charge >= 0.3 is 6.03 Å². The van der Waals surface area contributed by atoms with E-state index in [1.807, 2.05) is 68.1 Å². The van der Waals surface area contributed by atoms with Gasteiger partial charge < -0.3 is 19.2 Å². The third-order valence-electron chi connectivity index (χ3n) is 4.24. The largest absolute Gasteiger partial charge is 0.467 e. The maximum atomic E-state index is 12.9. The number of urea groups is 1. The summed E-state index contributed by atoms with van der Waals surface area (Å²) in [6.45, 7) is 4.95. The van der Waals surface area contributed by atoms with Crippen LogP contribution in [0.4, 0.5) is 10.5 Å². The lowest BCUT2D eigenvalue weighted by Crippen LogP contribution is -2.34. The summed E-state index contributed by atoms with van der Waals surface area (Å²) in [6, 6.07) is 13.5. The Hall–Kier alpha value is -2.95. The number of carbonyl (C=O) groups excluding carboxylic acids is 1. The van der Waals surface area contributed by atoms with Gasteiger partial charge in [0.25, 0.3) is 0 Å². The Labute approximate surface area is 147 Å². The molecule has 3 aromatic rings. The van der Waals surface area contributed by atoms with E-state index in [0.717, 1.165) is 22.7 Å². The van der Waals surface area contributed by atoms with Crippen molar-refractivity contribution in [3.8, 4) is 0 Å². The SMILES string of the molecule is Cc1ccc(NC(=O)N(Cc2ccco2)Cc2cccn2C)c(C)c1. The second-order valence-corrected chi connectivity index (χ2v) is 6.29. The van der Waals surface area contributed by atoms with Crippen LogP contribution in [-0.2, 0) is 20.1 Å². The van der Waals surface area contributed by atoms with Gasteiger partial charge in [0, 0.05) is 24.6 Å². The van der Waals surface area contributed by atoms with Crippen molar-refractivity contribution in [2.24, 2.45) is 7.05 Å². The molecule has 3 rings (SSSR count). The molecule has 5 nitrogen and oxygen atoms in total. The number of amides is 2. The number of benzene rings is 1. The normalized spacial score (nSPS) is 10.7. The number of aryl methyl sites for hydroxylation is 3. The number of carbonyl (C=O) groups is 1. The summed E-state index contributed by atoms with van der Waals surface area (Å²) >= 11 is 0. The molecule has 0 unspecified atom stereocenters. The zero-order valence-electron chi connectivity index (χ0n) is 14.8. The van der Waals surface area contributed by atoms with Crippen LogP contribution in [0.15, 0.2) is 59.3 Å². The summed E-state index contributed by atoms with van der Waals surface area (Å²) in [6.07, 6.45) is 3.60. The summed E-state index contributed by atoms with van der Waals surface area (Å²) in [5.74, 6) is 0.755. The van der Waals surface area contributed by atoms with E-state index in [4.69, 9.17) is 4.42 Å². The lowest BCUT2D eigenvalue weighted by Gasteiger charge is -2.23. The van der Waals surface area contributed by atoms with Gasteiger partial charge in [-0.05, 0) is 49.7 Å². The van der Waals surface area contributed by atoms with E-state index in [-0.39, 0.29) is 6.03 Å². The lowest BCUT2D eigenvalue weighted by atomic mass is 10.1. The number of rotatable bonds is 5. The van der Waals surface area contributed by atoms with E-state index < -0.39 is 0 Å². The van der Waals surface area contributed by atoms with Crippen LogP contribution in [-0.4, -0.2) is 15.5 Å². The van der Waals surface area contributed by atoms with E-state index in [1.54, 1.807) is 11.2 Å². The number of nitrogens with one attached hydrogen (secondary N) is 1. The Balaban J connectivity index is 1.79. The first-order valence-electron chi connectivity index (χ1n) is 8.28. The summed E-state index contributed by atoms with van der Waals surface area (Å²) in [5, 5.41) is 3.02. The molecule has 0 aliphatic carbocycles. The third-order valence-corrected chi connectivity index (χ3v) is 4.24. The van der Waals surface area contributed by atoms with Crippen LogP contribution in [0.1, 0.15) is 22.6 Å². The maximum absolute atomic E-state index is 12.9. The second kappa shape index (κ2) is 7.30. The van der Waals surface area contributed by atoms with Gasteiger partial charge in [-0.2, -0.15) is 0 Å². The van der Waals surface area contributed by atoms with Crippen LogP contribution < -0.4 is 5.32 Å². The molecular weight excluding hydrogens is 314 g/mol. The maximum Gasteiger partial charge on any atom is 0.322 e. The number of furan rings is 1. The van der Waals surface area contributed by atoms with E-state index in [9.17, 15) is 4.79 Å². The van der Waals surface area contributed by atoms with Crippen molar-refractivity contribution < 1.29 is 9.21 Å². The topological polar surface area (TPSA) is 50.4 Å². The average molecular weight is 337 g/mol. The Bertz CT molecular complexity index is 850. The molecule has 0 bridgehead atoms. The molecule has 130 valence electrons. The monoisotopic (exact) mass is 337 g/mol. The molecule has 0 saturated carbocycles. The first kappa shape index (κ1) is 16.9. The van der Waals surface area contributed by atoms with Gasteiger partial charge in [-0.25, -0.2) is 4.79 Å². The van der Waals surface area contributed by atoms with Crippen molar-refractivity contribution in [1.29, 1.82) is 0 Å². The quantitative estimate of drug-likeness (QED) is 0.747. The molecule has 25 heavy (non-hydrogen) atoms. The Morgan fingerprint density at radius 3 is 2.64 bits per heavy atom. The molecule has 1 aromatic carbocycles. The molecule has 0 aliphatic heterocycles. The minimum Gasteiger partial charge on any atom is -0.467 e. The number of anilines is 1. The fourth-order valence-corrected chi connectivity index (χ4v) is 2.79. The number of nitrogens with zero attached hydrogens (tertiary/aromatic N) is 2. The highest BCUT2D eigenvalue weighted by Gasteiger charge is 2.18.